The lowest BCUT2D eigenvalue weighted by atomic mass is 10.1. The van der Waals surface area contributed by atoms with Crippen molar-refractivity contribution in [3.05, 3.63) is 34.9 Å². The van der Waals surface area contributed by atoms with Crippen LogP contribution in [-0.4, -0.2) is 30.2 Å². The third kappa shape index (κ3) is 3.72. The highest BCUT2D eigenvalue weighted by Gasteiger charge is 2.18. The molecular weight excluding hydrogens is 354 g/mol. The van der Waals surface area contributed by atoms with Crippen LogP contribution in [0.4, 0.5) is 5.82 Å². The minimum Gasteiger partial charge on any atom is -0.497 e. The Bertz CT molecular complexity index is 848. The molecule has 0 spiro atoms. The van der Waals surface area contributed by atoms with E-state index in [1.165, 1.54) is 0 Å². The Hall–Kier alpha value is -1.85. The van der Waals surface area contributed by atoms with E-state index in [0.717, 1.165) is 58.8 Å². The topological polar surface area (TPSA) is 38.2 Å². The van der Waals surface area contributed by atoms with Crippen molar-refractivity contribution in [1.29, 1.82) is 0 Å². The Morgan fingerprint density at radius 2 is 1.92 bits per heavy atom. The Balaban J connectivity index is 2.13. The van der Waals surface area contributed by atoms with Crippen molar-refractivity contribution >= 4 is 39.0 Å². The summed E-state index contributed by atoms with van der Waals surface area (Å²) < 4.78 is 5.27. The molecule has 2 heterocycles. The molecule has 6 heteroatoms. The van der Waals surface area contributed by atoms with Crippen LogP contribution in [0.5, 0.6) is 5.75 Å². The van der Waals surface area contributed by atoms with Gasteiger partial charge in [-0.15, -0.1) is 11.3 Å². The van der Waals surface area contributed by atoms with E-state index < -0.39 is 0 Å². The molecule has 3 aromatic rings. The van der Waals surface area contributed by atoms with Crippen LogP contribution >= 0.6 is 22.9 Å². The SMILES string of the molecule is CCCCN(CC)c1nc(Cl)nc2scc(-c3ccc(OC)cc3)c12. The second-order valence-corrected chi connectivity index (χ2v) is 7.00. The van der Waals surface area contributed by atoms with Gasteiger partial charge in [-0.25, -0.2) is 4.98 Å². The second kappa shape index (κ2) is 8.02. The van der Waals surface area contributed by atoms with E-state index in [4.69, 9.17) is 16.3 Å². The van der Waals surface area contributed by atoms with E-state index in [2.05, 4.69) is 46.2 Å². The van der Waals surface area contributed by atoms with Crippen molar-refractivity contribution in [2.75, 3.05) is 25.1 Å². The number of nitrogens with zero attached hydrogens (tertiary/aromatic N) is 3. The van der Waals surface area contributed by atoms with Gasteiger partial charge in [-0.05, 0) is 42.6 Å². The Kier molecular flexibility index (Phi) is 5.76. The Morgan fingerprint density at radius 3 is 2.56 bits per heavy atom. The number of halogens is 1. The first kappa shape index (κ1) is 18.0. The lowest BCUT2D eigenvalue weighted by molar-refractivity contribution is 0.415. The van der Waals surface area contributed by atoms with Gasteiger partial charge in [0.15, 0.2) is 0 Å². The fourth-order valence-corrected chi connectivity index (χ4v) is 4.03. The predicted octanol–water partition coefficient (Wildman–Crippen LogP) is 5.65. The standard InChI is InChI=1S/C19H22ClN3OS/c1-4-6-11-23(5-2)17-16-15(12-25-18(16)22-19(20)21-17)13-7-9-14(24-3)10-8-13/h7-10,12H,4-6,11H2,1-3H3. The number of aromatic nitrogens is 2. The van der Waals surface area contributed by atoms with E-state index in [9.17, 15) is 0 Å². The molecule has 0 N–H and O–H groups in total. The molecule has 0 atom stereocenters. The van der Waals surface area contributed by atoms with E-state index >= 15 is 0 Å². The van der Waals surface area contributed by atoms with Gasteiger partial charge in [0.2, 0.25) is 5.28 Å². The maximum absolute atomic E-state index is 6.20. The fourth-order valence-electron chi connectivity index (χ4n) is 2.87. The van der Waals surface area contributed by atoms with Gasteiger partial charge >= 0.3 is 0 Å². The van der Waals surface area contributed by atoms with Crippen LogP contribution in [0, 0.1) is 0 Å². The number of unbranched alkanes of at least 4 members (excludes halogenated alkanes) is 1. The number of benzene rings is 1. The normalized spacial score (nSPS) is 11.0. The van der Waals surface area contributed by atoms with Gasteiger partial charge in [0.05, 0.1) is 12.5 Å². The molecule has 0 unspecified atom stereocenters. The lowest BCUT2D eigenvalue weighted by Crippen LogP contribution is -2.25. The van der Waals surface area contributed by atoms with Gasteiger partial charge in [-0.2, -0.15) is 4.98 Å². The number of thiophene rings is 1. The third-order valence-corrected chi connectivity index (χ3v) is 5.29. The van der Waals surface area contributed by atoms with Crippen molar-refractivity contribution in [2.45, 2.75) is 26.7 Å². The van der Waals surface area contributed by atoms with Crippen LogP contribution < -0.4 is 9.64 Å². The van der Waals surface area contributed by atoms with Crippen molar-refractivity contribution in [3.63, 3.8) is 0 Å². The van der Waals surface area contributed by atoms with Gasteiger partial charge in [0.1, 0.15) is 16.4 Å². The zero-order chi connectivity index (χ0) is 17.8. The molecular formula is C19H22ClN3OS. The Labute approximate surface area is 157 Å². The van der Waals surface area contributed by atoms with Gasteiger partial charge in [-0.3, -0.25) is 0 Å². The van der Waals surface area contributed by atoms with Crippen LogP contribution in [-0.2, 0) is 0 Å². The van der Waals surface area contributed by atoms with Gasteiger partial charge in [0, 0.05) is 24.0 Å². The first-order valence-electron chi connectivity index (χ1n) is 8.52. The van der Waals surface area contributed by atoms with Crippen molar-refractivity contribution in [1.82, 2.24) is 9.97 Å². The summed E-state index contributed by atoms with van der Waals surface area (Å²) in [6.45, 7) is 6.20. The molecule has 1 aromatic carbocycles. The average molecular weight is 376 g/mol. The van der Waals surface area contributed by atoms with Crippen LogP contribution in [0.25, 0.3) is 21.3 Å². The molecule has 3 rings (SSSR count). The second-order valence-electron chi connectivity index (χ2n) is 5.81. The molecule has 2 aromatic heterocycles. The molecule has 0 aliphatic heterocycles. The summed E-state index contributed by atoms with van der Waals surface area (Å²) in [5.74, 6) is 1.78. The van der Waals surface area contributed by atoms with Crippen LogP contribution in [0.15, 0.2) is 29.6 Å². The van der Waals surface area contributed by atoms with Crippen molar-refractivity contribution in [2.24, 2.45) is 0 Å². The Morgan fingerprint density at radius 1 is 1.16 bits per heavy atom. The molecule has 0 saturated carbocycles. The molecule has 0 aliphatic rings. The number of hydrogen-bond acceptors (Lipinski definition) is 5. The van der Waals surface area contributed by atoms with Crippen LogP contribution in [0.1, 0.15) is 26.7 Å². The largest absolute Gasteiger partial charge is 0.497 e. The highest BCUT2D eigenvalue weighted by molar-refractivity contribution is 7.17. The number of anilines is 1. The number of hydrogen-bond donors (Lipinski definition) is 0. The molecule has 25 heavy (non-hydrogen) atoms. The van der Waals surface area contributed by atoms with E-state index in [-0.39, 0.29) is 0 Å². The molecule has 0 bridgehead atoms. The van der Waals surface area contributed by atoms with Gasteiger partial charge < -0.3 is 9.64 Å². The zero-order valence-electron chi connectivity index (χ0n) is 14.8. The smallest absolute Gasteiger partial charge is 0.225 e. The molecule has 132 valence electrons. The molecule has 0 fully saturated rings. The van der Waals surface area contributed by atoms with Crippen LogP contribution in [0.3, 0.4) is 0 Å². The monoisotopic (exact) mass is 375 g/mol. The van der Waals surface area contributed by atoms with Crippen molar-refractivity contribution < 1.29 is 4.74 Å². The maximum Gasteiger partial charge on any atom is 0.225 e. The summed E-state index contributed by atoms with van der Waals surface area (Å²) in [6, 6.07) is 8.09. The van der Waals surface area contributed by atoms with E-state index in [1.807, 2.05) is 12.1 Å². The number of fused-ring (bicyclic) bond motifs is 1. The molecule has 0 saturated heterocycles. The van der Waals surface area contributed by atoms with Crippen LogP contribution in [0.2, 0.25) is 5.28 Å². The number of ether oxygens (including phenoxy) is 1. The summed E-state index contributed by atoms with van der Waals surface area (Å²) in [7, 11) is 1.68. The summed E-state index contributed by atoms with van der Waals surface area (Å²) in [5.41, 5.74) is 2.27. The minimum atomic E-state index is 0.306. The highest BCUT2D eigenvalue weighted by atomic mass is 35.5. The summed E-state index contributed by atoms with van der Waals surface area (Å²) in [4.78, 5) is 12.2. The summed E-state index contributed by atoms with van der Waals surface area (Å²) in [6.07, 6.45) is 2.27. The molecule has 0 radical (unpaired) electrons. The quantitative estimate of drug-likeness (QED) is 0.500. The average Bonchev–Trinajstić information content (AvgIpc) is 3.06. The molecule has 0 amide bonds. The molecule has 4 nitrogen and oxygen atoms in total. The van der Waals surface area contributed by atoms with Crippen molar-refractivity contribution in [3.8, 4) is 16.9 Å². The third-order valence-electron chi connectivity index (χ3n) is 4.25. The predicted molar refractivity (Wildman–Crippen MR) is 107 cm³/mol. The molecule has 0 aliphatic carbocycles. The van der Waals surface area contributed by atoms with E-state index in [0.29, 0.717) is 5.28 Å². The maximum atomic E-state index is 6.20. The van der Waals surface area contributed by atoms with Gasteiger partial charge in [-0.1, -0.05) is 25.5 Å². The number of methoxy groups -OCH3 is 1. The first-order valence-corrected chi connectivity index (χ1v) is 9.77. The zero-order valence-corrected chi connectivity index (χ0v) is 16.3. The fraction of sp³-hybridized carbons (Fsp3) is 0.368. The highest BCUT2D eigenvalue weighted by Crippen LogP contribution is 2.39. The first-order chi connectivity index (χ1) is 12.2. The summed E-state index contributed by atoms with van der Waals surface area (Å²) >= 11 is 7.80. The minimum absolute atomic E-state index is 0.306. The lowest BCUT2D eigenvalue weighted by Gasteiger charge is -2.23. The summed E-state index contributed by atoms with van der Waals surface area (Å²) in [5, 5.41) is 3.52. The van der Waals surface area contributed by atoms with Gasteiger partial charge in [0.25, 0.3) is 0 Å². The van der Waals surface area contributed by atoms with E-state index in [1.54, 1.807) is 18.4 Å². The number of rotatable bonds is 7.